The molecule has 10 heteroatoms. The van der Waals surface area contributed by atoms with Gasteiger partial charge in [0.2, 0.25) is 0 Å². The Kier molecular flexibility index (Phi) is 8.13. The summed E-state index contributed by atoms with van der Waals surface area (Å²) in [5.74, 6) is -3.85. The Morgan fingerprint density at radius 1 is 1.21 bits per heavy atom. The van der Waals surface area contributed by atoms with E-state index in [-0.39, 0.29) is 31.1 Å². The van der Waals surface area contributed by atoms with E-state index in [0.717, 1.165) is 12.1 Å². The van der Waals surface area contributed by atoms with E-state index in [1.54, 1.807) is 17.7 Å². The molecule has 0 unspecified atom stereocenters. The molecule has 0 fully saturated rings. The van der Waals surface area contributed by atoms with Crippen LogP contribution in [0.4, 0.5) is 13.2 Å². The van der Waals surface area contributed by atoms with Crippen molar-refractivity contribution in [2.24, 2.45) is 0 Å². The number of hydrogen-bond acceptors (Lipinski definition) is 4. The summed E-state index contributed by atoms with van der Waals surface area (Å²) in [5.41, 5.74) is 1.56. The van der Waals surface area contributed by atoms with Gasteiger partial charge in [-0.1, -0.05) is 13.8 Å². The topological polar surface area (TPSA) is 89.4 Å². The molecule has 2 aromatic carbocycles. The largest absolute Gasteiger partial charge is 0.481 e. The van der Waals surface area contributed by atoms with Gasteiger partial charge in [-0.25, -0.2) is 13.2 Å². The number of carboxylic acids is 1. The van der Waals surface area contributed by atoms with Gasteiger partial charge in [0.25, 0.3) is 0 Å². The fourth-order valence-electron chi connectivity index (χ4n) is 5.29. The number of rotatable bonds is 12. The van der Waals surface area contributed by atoms with E-state index in [1.807, 2.05) is 20.8 Å². The number of aromatic nitrogens is 3. The molecule has 0 aliphatic carbocycles. The monoisotopic (exact) mass is 531 g/mol. The lowest BCUT2D eigenvalue weighted by Crippen LogP contribution is -2.29. The minimum atomic E-state index is -1.03. The number of ether oxygens (including phenoxy) is 2. The molecule has 2 heterocycles. The summed E-state index contributed by atoms with van der Waals surface area (Å²) in [6.45, 7) is 6.61. The Morgan fingerprint density at radius 3 is 2.63 bits per heavy atom. The minimum absolute atomic E-state index is 0.0471. The molecule has 7 nitrogen and oxygen atoms in total. The van der Waals surface area contributed by atoms with Crippen molar-refractivity contribution in [1.29, 1.82) is 0 Å². The molecule has 4 aromatic rings. The van der Waals surface area contributed by atoms with E-state index >= 15 is 4.39 Å². The van der Waals surface area contributed by atoms with Crippen LogP contribution in [0, 0.1) is 17.5 Å². The average Bonchev–Trinajstić information content (AvgIpc) is 3.46. The summed E-state index contributed by atoms with van der Waals surface area (Å²) in [6, 6.07) is 5.35. The van der Waals surface area contributed by atoms with Crippen LogP contribution in [0.3, 0.4) is 0 Å². The third-order valence-corrected chi connectivity index (χ3v) is 6.83. The summed E-state index contributed by atoms with van der Waals surface area (Å²) in [5, 5.41) is 16.8. The van der Waals surface area contributed by atoms with Gasteiger partial charge < -0.3 is 19.1 Å². The highest BCUT2D eigenvalue weighted by Gasteiger charge is 2.36. The zero-order valence-corrected chi connectivity index (χ0v) is 21.9. The smallest absolute Gasteiger partial charge is 0.303 e. The van der Waals surface area contributed by atoms with Gasteiger partial charge in [-0.15, -0.1) is 0 Å². The number of nitrogens with one attached hydrogen (secondary N) is 1. The van der Waals surface area contributed by atoms with Crippen LogP contribution in [-0.4, -0.2) is 52.8 Å². The van der Waals surface area contributed by atoms with Crippen molar-refractivity contribution in [2.75, 3.05) is 26.9 Å². The van der Waals surface area contributed by atoms with Gasteiger partial charge in [0.1, 0.15) is 5.52 Å². The van der Waals surface area contributed by atoms with Gasteiger partial charge >= 0.3 is 5.97 Å². The van der Waals surface area contributed by atoms with Gasteiger partial charge in [-0.3, -0.25) is 9.89 Å². The molecule has 0 amide bonds. The molecular formula is C28H32F3N3O4. The van der Waals surface area contributed by atoms with Crippen molar-refractivity contribution < 1.29 is 32.5 Å². The molecule has 4 rings (SSSR count). The number of H-pyrrole nitrogens is 1. The quantitative estimate of drug-likeness (QED) is 0.226. The van der Waals surface area contributed by atoms with Crippen LogP contribution in [0.1, 0.15) is 57.2 Å². The Hall–Kier alpha value is -3.37. The summed E-state index contributed by atoms with van der Waals surface area (Å²) in [4.78, 5) is 11.3. The van der Waals surface area contributed by atoms with Gasteiger partial charge in [0.05, 0.1) is 24.9 Å². The molecule has 38 heavy (non-hydrogen) atoms. The van der Waals surface area contributed by atoms with Crippen molar-refractivity contribution in [2.45, 2.75) is 51.4 Å². The van der Waals surface area contributed by atoms with E-state index in [4.69, 9.17) is 9.47 Å². The number of carbonyl (C=O) groups is 1. The van der Waals surface area contributed by atoms with E-state index < -0.39 is 28.8 Å². The minimum Gasteiger partial charge on any atom is -0.481 e. The molecule has 2 aromatic heterocycles. The molecule has 204 valence electrons. The summed E-state index contributed by atoms with van der Waals surface area (Å²) in [6.07, 6.45) is 2.22. The molecule has 0 aliphatic rings. The normalized spacial score (nSPS) is 13.0. The average molecular weight is 532 g/mol. The fourth-order valence-corrected chi connectivity index (χ4v) is 5.29. The molecule has 1 atom stereocenters. The first kappa shape index (κ1) is 27.7. The second-order valence-corrected chi connectivity index (χ2v) is 10.1. The molecule has 0 aliphatic heterocycles. The number of aromatic amines is 1. The zero-order chi connectivity index (χ0) is 27.6. The van der Waals surface area contributed by atoms with Crippen LogP contribution in [0.25, 0.3) is 27.5 Å². The highest BCUT2D eigenvalue weighted by molar-refractivity contribution is 6.00. The molecule has 0 spiro atoms. The number of nitrogens with zero attached hydrogens (tertiary/aromatic N) is 2. The predicted molar refractivity (Wildman–Crippen MR) is 138 cm³/mol. The number of aliphatic carboxylic acids is 1. The first-order chi connectivity index (χ1) is 18.1. The highest BCUT2D eigenvalue weighted by Crippen LogP contribution is 2.45. The maximum Gasteiger partial charge on any atom is 0.303 e. The Labute approximate surface area is 218 Å². The highest BCUT2D eigenvalue weighted by atomic mass is 19.2. The van der Waals surface area contributed by atoms with Crippen molar-refractivity contribution in [3.8, 4) is 5.69 Å². The standard InChI is InChI=1S/C28H32F3N3O4/c1-5-38-14-16(7-6-8-22(35)36)23-24-21(11-17-13-32-33-26(17)25(24)31)34(27(23)28(2,3)15-37-4)18-9-10-19(29)20(30)12-18/h9-13,16H,5-8,14-15H2,1-4H3,(H,32,33)(H,35,36)/t16-/m1/s1. The summed E-state index contributed by atoms with van der Waals surface area (Å²) in [7, 11) is 1.56. The van der Waals surface area contributed by atoms with E-state index in [0.29, 0.717) is 52.7 Å². The lowest BCUT2D eigenvalue weighted by Gasteiger charge is -2.30. The molecule has 0 bridgehead atoms. The van der Waals surface area contributed by atoms with Gasteiger partial charge in [-0.2, -0.15) is 5.10 Å². The number of fused-ring (bicyclic) bond motifs is 2. The van der Waals surface area contributed by atoms with Gasteiger partial charge in [0, 0.05) is 59.7 Å². The lowest BCUT2D eigenvalue weighted by molar-refractivity contribution is -0.137. The predicted octanol–water partition coefficient (Wildman–Crippen LogP) is 6.22. The van der Waals surface area contributed by atoms with Crippen LogP contribution in [0.2, 0.25) is 0 Å². The van der Waals surface area contributed by atoms with Crippen molar-refractivity contribution in [3.05, 3.63) is 59.2 Å². The number of carboxylic acid groups (broad SMARTS) is 1. The van der Waals surface area contributed by atoms with Crippen LogP contribution >= 0.6 is 0 Å². The Balaban J connectivity index is 2.13. The van der Waals surface area contributed by atoms with Crippen LogP contribution in [-0.2, 0) is 19.7 Å². The maximum atomic E-state index is 16.3. The maximum absolute atomic E-state index is 16.3. The van der Waals surface area contributed by atoms with Crippen molar-refractivity contribution in [3.63, 3.8) is 0 Å². The van der Waals surface area contributed by atoms with Gasteiger partial charge in [-0.05, 0) is 43.5 Å². The first-order valence-electron chi connectivity index (χ1n) is 12.5. The van der Waals surface area contributed by atoms with E-state index in [2.05, 4.69) is 10.2 Å². The fraction of sp³-hybridized carbons (Fsp3) is 0.429. The van der Waals surface area contributed by atoms with Crippen molar-refractivity contribution in [1.82, 2.24) is 14.8 Å². The van der Waals surface area contributed by atoms with E-state index in [1.165, 1.54) is 12.3 Å². The second kappa shape index (κ2) is 11.2. The summed E-state index contributed by atoms with van der Waals surface area (Å²) >= 11 is 0. The molecule has 0 saturated carbocycles. The van der Waals surface area contributed by atoms with E-state index in [9.17, 15) is 18.7 Å². The lowest BCUT2D eigenvalue weighted by atomic mass is 9.81. The van der Waals surface area contributed by atoms with Crippen LogP contribution < -0.4 is 0 Å². The SMILES string of the molecule is CCOC[C@@H](CCCC(=O)O)c1c(C(C)(C)COC)n(-c2ccc(F)c(F)c2)c2cc3cn[nH]c3c(F)c12. The van der Waals surface area contributed by atoms with Crippen LogP contribution in [0.5, 0.6) is 0 Å². The molecule has 0 radical (unpaired) electrons. The Morgan fingerprint density at radius 2 is 1.97 bits per heavy atom. The number of benzene rings is 2. The number of hydrogen-bond donors (Lipinski definition) is 2. The third kappa shape index (κ3) is 5.15. The van der Waals surface area contributed by atoms with Gasteiger partial charge in [0.15, 0.2) is 17.5 Å². The Bertz CT molecular complexity index is 1460. The van der Waals surface area contributed by atoms with Crippen LogP contribution in [0.15, 0.2) is 30.5 Å². The summed E-state index contributed by atoms with van der Waals surface area (Å²) < 4.78 is 57.9. The molecular weight excluding hydrogens is 499 g/mol. The first-order valence-corrected chi connectivity index (χ1v) is 12.5. The number of halogens is 3. The molecule has 0 saturated heterocycles. The third-order valence-electron chi connectivity index (χ3n) is 6.83. The second-order valence-electron chi connectivity index (χ2n) is 10.1. The number of methoxy groups -OCH3 is 1. The van der Waals surface area contributed by atoms with Crippen molar-refractivity contribution >= 4 is 27.8 Å². The molecule has 2 N–H and O–H groups in total. The zero-order valence-electron chi connectivity index (χ0n) is 21.9.